The first-order chi connectivity index (χ1) is 8.31. The van der Waals surface area contributed by atoms with Gasteiger partial charge >= 0.3 is 0 Å². The number of aryl methyl sites for hydroxylation is 2. The van der Waals surface area contributed by atoms with E-state index < -0.39 is 0 Å². The first-order valence-electron chi connectivity index (χ1n) is 5.85. The summed E-state index contributed by atoms with van der Waals surface area (Å²) in [7, 11) is 2.01. The van der Waals surface area contributed by atoms with Crippen molar-refractivity contribution >= 4 is 0 Å². The molecule has 0 radical (unpaired) electrons. The second-order valence-corrected chi connectivity index (χ2v) is 3.91. The van der Waals surface area contributed by atoms with Crippen molar-refractivity contribution in [2.75, 3.05) is 6.54 Å². The lowest BCUT2D eigenvalue weighted by Crippen LogP contribution is -2.20. The second kappa shape index (κ2) is 5.58. The topological polar surface area (TPSA) is 60.6 Å². The van der Waals surface area contributed by atoms with E-state index in [0.717, 1.165) is 37.7 Å². The lowest BCUT2D eigenvalue weighted by atomic mass is 10.4. The SMILES string of the molecule is CCn1cnnc1CNCCc1nccn1C. The number of hydrogen-bond acceptors (Lipinski definition) is 4. The summed E-state index contributed by atoms with van der Waals surface area (Å²) in [5.41, 5.74) is 0. The van der Waals surface area contributed by atoms with Gasteiger partial charge in [-0.3, -0.25) is 0 Å². The Balaban J connectivity index is 1.75. The quantitative estimate of drug-likeness (QED) is 0.733. The predicted molar refractivity (Wildman–Crippen MR) is 64.3 cm³/mol. The maximum absolute atomic E-state index is 4.27. The molecular weight excluding hydrogens is 216 g/mol. The summed E-state index contributed by atoms with van der Waals surface area (Å²) in [5, 5.41) is 11.3. The predicted octanol–water partition coefficient (Wildman–Crippen LogP) is 0.364. The van der Waals surface area contributed by atoms with Crippen molar-refractivity contribution in [3.63, 3.8) is 0 Å². The maximum atomic E-state index is 4.27. The number of nitrogens with one attached hydrogen (secondary N) is 1. The second-order valence-electron chi connectivity index (χ2n) is 3.91. The van der Waals surface area contributed by atoms with Crippen LogP contribution in [0.25, 0.3) is 0 Å². The lowest BCUT2D eigenvalue weighted by Gasteiger charge is -2.05. The molecule has 92 valence electrons. The van der Waals surface area contributed by atoms with Gasteiger partial charge in [-0.2, -0.15) is 0 Å². The van der Waals surface area contributed by atoms with Crippen LogP contribution >= 0.6 is 0 Å². The van der Waals surface area contributed by atoms with Crippen molar-refractivity contribution in [2.45, 2.75) is 26.4 Å². The van der Waals surface area contributed by atoms with E-state index in [4.69, 9.17) is 0 Å². The van der Waals surface area contributed by atoms with Gasteiger partial charge < -0.3 is 14.5 Å². The highest BCUT2D eigenvalue weighted by Crippen LogP contribution is 1.96. The van der Waals surface area contributed by atoms with Gasteiger partial charge in [-0.05, 0) is 6.92 Å². The fraction of sp³-hybridized carbons (Fsp3) is 0.545. The minimum absolute atomic E-state index is 0.748. The van der Waals surface area contributed by atoms with E-state index in [1.807, 2.05) is 28.6 Å². The Kier molecular flexibility index (Phi) is 3.87. The Bertz CT molecular complexity index is 458. The Hall–Kier alpha value is -1.69. The molecule has 0 aliphatic heterocycles. The molecule has 0 saturated carbocycles. The van der Waals surface area contributed by atoms with Gasteiger partial charge in [-0.1, -0.05) is 0 Å². The zero-order valence-corrected chi connectivity index (χ0v) is 10.3. The Morgan fingerprint density at radius 3 is 2.94 bits per heavy atom. The molecule has 0 spiro atoms. The fourth-order valence-electron chi connectivity index (χ4n) is 1.72. The number of nitrogens with zero attached hydrogens (tertiary/aromatic N) is 5. The zero-order chi connectivity index (χ0) is 12.1. The Morgan fingerprint density at radius 2 is 2.24 bits per heavy atom. The van der Waals surface area contributed by atoms with Gasteiger partial charge in [0.05, 0.1) is 6.54 Å². The average molecular weight is 234 g/mol. The monoisotopic (exact) mass is 234 g/mol. The number of hydrogen-bond donors (Lipinski definition) is 1. The van der Waals surface area contributed by atoms with E-state index >= 15 is 0 Å². The lowest BCUT2D eigenvalue weighted by molar-refractivity contribution is 0.601. The molecule has 2 heterocycles. The van der Waals surface area contributed by atoms with Crippen molar-refractivity contribution < 1.29 is 0 Å². The maximum Gasteiger partial charge on any atom is 0.146 e. The normalized spacial score (nSPS) is 10.9. The van der Waals surface area contributed by atoms with E-state index in [1.54, 1.807) is 6.33 Å². The van der Waals surface area contributed by atoms with Crippen LogP contribution in [-0.2, 0) is 26.6 Å². The van der Waals surface area contributed by atoms with Gasteiger partial charge in [0.25, 0.3) is 0 Å². The highest BCUT2D eigenvalue weighted by Gasteiger charge is 2.02. The average Bonchev–Trinajstić information content (AvgIpc) is 2.93. The van der Waals surface area contributed by atoms with Crippen LogP contribution in [0.15, 0.2) is 18.7 Å². The zero-order valence-electron chi connectivity index (χ0n) is 10.3. The number of aromatic nitrogens is 5. The molecule has 0 aliphatic rings. The molecular formula is C11H18N6. The molecule has 0 bridgehead atoms. The molecule has 0 fully saturated rings. The highest BCUT2D eigenvalue weighted by molar-refractivity contribution is 4.92. The van der Waals surface area contributed by atoms with Crippen LogP contribution in [0.5, 0.6) is 0 Å². The molecule has 0 amide bonds. The van der Waals surface area contributed by atoms with E-state index in [1.165, 1.54) is 0 Å². The van der Waals surface area contributed by atoms with Crippen molar-refractivity contribution in [3.05, 3.63) is 30.4 Å². The van der Waals surface area contributed by atoms with Gasteiger partial charge in [0.1, 0.15) is 18.0 Å². The van der Waals surface area contributed by atoms with Crippen molar-refractivity contribution in [2.24, 2.45) is 7.05 Å². The summed E-state index contributed by atoms with van der Waals surface area (Å²) in [4.78, 5) is 4.27. The molecule has 0 unspecified atom stereocenters. The van der Waals surface area contributed by atoms with Gasteiger partial charge in [0.15, 0.2) is 0 Å². The van der Waals surface area contributed by atoms with Gasteiger partial charge in [-0.15, -0.1) is 10.2 Å². The molecule has 2 aromatic rings. The van der Waals surface area contributed by atoms with E-state index in [0.29, 0.717) is 0 Å². The van der Waals surface area contributed by atoms with Crippen LogP contribution in [0.1, 0.15) is 18.6 Å². The summed E-state index contributed by atoms with van der Waals surface area (Å²) < 4.78 is 4.07. The largest absolute Gasteiger partial charge is 0.338 e. The van der Waals surface area contributed by atoms with E-state index in [-0.39, 0.29) is 0 Å². The van der Waals surface area contributed by atoms with Gasteiger partial charge in [0.2, 0.25) is 0 Å². The minimum atomic E-state index is 0.748. The van der Waals surface area contributed by atoms with Crippen molar-refractivity contribution in [3.8, 4) is 0 Å². The number of imidazole rings is 1. The molecule has 2 rings (SSSR count). The summed E-state index contributed by atoms with van der Waals surface area (Å²) in [6.07, 6.45) is 6.46. The summed E-state index contributed by atoms with van der Waals surface area (Å²) in [6.45, 7) is 4.63. The fourth-order valence-corrected chi connectivity index (χ4v) is 1.72. The van der Waals surface area contributed by atoms with Crippen LogP contribution < -0.4 is 5.32 Å². The first kappa shape index (κ1) is 11.8. The van der Waals surface area contributed by atoms with Crippen LogP contribution in [0.2, 0.25) is 0 Å². The molecule has 6 nitrogen and oxygen atoms in total. The Labute approximate surface area is 101 Å². The minimum Gasteiger partial charge on any atom is -0.338 e. The van der Waals surface area contributed by atoms with Crippen LogP contribution in [-0.4, -0.2) is 30.9 Å². The molecule has 0 aromatic carbocycles. The van der Waals surface area contributed by atoms with Crippen LogP contribution in [0, 0.1) is 0 Å². The standard InChI is InChI=1S/C11H18N6/c1-3-17-9-14-15-11(17)8-12-5-4-10-13-6-7-16(10)2/h6-7,9,12H,3-5,8H2,1-2H3. The number of rotatable bonds is 6. The van der Waals surface area contributed by atoms with Crippen molar-refractivity contribution in [1.82, 2.24) is 29.6 Å². The molecule has 0 aliphatic carbocycles. The molecule has 0 atom stereocenters. The molecule has 6 heteroatoms. The third kappa shape index (κ3) is 2.91. The third-order valence-corrected chi connectivity index (χ3v) is 2.77. The van der Waals surface area contributed by atoms with Gasteiger partial charge in [0, 0.05) is 39.0 Å². The van der Waals surface area contributed by atoms with Crippen LogP contribution in [0.3, 0.4) is 0 Å². The summed E-state index contributed by atoms with van der Waals surface area (Å²) in [6, 6.07) is 0. The molecule has 1 N–H and O–H groups in total. The molecule has 0 saturated heterocycles. The van der Waals surface area contributed by atoms with Crippen molar-refractivity contribution in [1.29, 1.82) is 0 Å². The van der Waals surface area contributed by atoms with Gasteiger partial charge in [-0.25, -0.2) is 4.98 Å². The molecule has 2 aromatic heterocycles. The Morgan fingerprint density at radius 1 is 1.35 bits per heavy atom. The smallest absolute Gasteiger partial charge is 0.146 e. The highest BCUT2D eigenvalue weighted by atomic mass is 15.3. The third-order valence-electron chi connectivity index (χ3n) is 2.77. The first-order valence-corrected chi connectivity index (χ1v) is 5.85. The van der Waals surface area contributed by atoms with E-state index in [2.05, 4.69) is 27.4 Å². The van der Waals surface area contributed by atoms with Crippen LogP contribution in [0.4, 0.5) is 0 Å². The molecule has 17 heavy (non-hydrogen) atoms. The summed E-state index contributed by atoms with van der Waals surface area (Å²) >= 11 is 0. The van der Waals surface area contributed by atoms with E-state index in [9.17, 15) is 0 Å². The summed E-state index contributed by atoms with van der Waals surface area (Å²) in [5.74, 6) is 2.07.